The highest BCUT2D eigenvalue weighted by Gasteiger charge is 2.58. The number of nitrogens with zero attached hydrogens (tertiary/aromatic N) is 1. The fraction of sp³-hybridized carbons (Fsp3) is 0.500. The molecular formula is C32H36N2O2S. The van der Waals surface area contributed by atoms with E-state index in [1.165, 1.54) is 40.9 Å². The molecule has 0 radical (unpaired) electrons. The van der Waals surface area contributed by atoms with Crippen LogP contribution < -0.4 is 5.73 Å². The molecule has 0 bridgehead atoms. The van der Waals surface area contributed by atoms with Crippen molar-refractivity contribution < 1.29 is 9.90 Å². The van der Waals surface area contributed by atoms with E-state index in [-0.39, 0.29) is 22.7 Å². The van der Waals surface area contributed by atoms with Crippen LogP contribution in [-0.2, 0) is 11.8 Å². The number of nitrogens with two attached hydrogens (primary N) is 1. The van der Waals surface area contributed by atoms with Gasteiger partial charge in [-0.3, -0.25) is 4.79 Å². The van der Waals surface area contributed by atoms with Crippen LogP contribution in [0.3, 0.4) is 0 Å². The smallest absolute Gasteiger partial charge is 0.205 e. The number of ketones is 1. The first kappa shape index (κ1) is 23.6. The molecular weight excluding hydrogens is 476 g/mol. The number of fused-ring (bicyclic) bond motifs is 9. The Bertz CT molecular complexity index is 1470. The van der Waals surface area contributed by atoms with Crippen LogP contribution in [0.1, 0.15) is 84.4 Å². The van der Waals surface area contributed by atoms with Gasteiger partial charge in [-0.25, -0.2) is 4.98 Å². The molecule has 4 aliphatic carbocycles. The summed E-state index contributed by atoms with van der Waals surface area (Å²) in [5, 5.41) is 11.4. The van der Waals surface area contributed by atoms with Gasteiger partial charge in [0.05, 0.1) is 11.8 Å². The Kier molecular flexibility index (Phi) is 5.10. The summed E-state index contributed by atoms with van der Waals surface area (Å²) in [6.07, 6.45) is 9.75. The van der Waals surface area contributed by atoms with Crippen molar-refractivity contribution in [3.63, 3.8) is 0 Å². The van der Waals surface area contributed by atoms with Gasteiger partial charge in [-0.15, -0.1) is 11.3 Å². The molecule has 0 amide bonds. The molecule has 2 aromatic heterocycles. The molecule has 2 saturated carbocycles. The highest BCUT2D eigenvalue weighted by Crippen LogP contribution is 2.65. The molecule has 3 N–H and O–H groups in total. The Hall–Kier alpha value is -2.50. The number of carbonyl (C=O) groups excluding carboxylic acids is 1. The van der Waals surface area contributed by atoms with Crippen molar-refractivity contribution in [3.8, 4) is 0 Å². The third kappa shape index (κ3) is 3.16. The topological polar surface area (TPSA) is 76.2 Å². The number of aromatic nitrogens is 1. The van der Waals surface area contributed by atoms with Gasteiger partial charge in [0, 0.05) is 16.6 Å². The average molecular weight is 513 g/mol. The molecule has 37 heavy (non-hydrogen) atoms. The lowest BCUT2D eigenvalue weighted by molar-refractivity contribution is -0.0164. The molecule has 0 aliphatic heterocycles. The number of carbonyl (C=O) groups is 1. The predicted molar refractivity (Wildman–Crippen MR) is 150 cm³/mol. The van der Waals surface area contributed by atoms with Gasteiger partial charge >= 0.3 is 0 Å². The number of nitrogen functional groups attached to an aromatic ring is 1. The minimum atomic E-state index is -0.170. The highest BCUT2D eigenvalue weighted by atomic mass is 32.1. The van der Waals surface area contributed by atoms with Gasteiger partial charge in [0.1, 0.15) is 9.71 Å². The minimum Gasteiger partial charge on any atom is -0.397 e. The van der Waals surface area contributed by atoms with Crippen LogP contribution in [0.25, 0.3) is 10.2 Å². The zero-order valence-corrected chi connectivity index (χ0v) is 22.8. The summed E-state index contributed by atoms with van der Waals surface area (Å²) >= 11 is 1.46. The lowest BCUT2D eigenvalue weighted by Gasteiger charge is -2.57. The molecule has 6 atom stereocenters. The van der Waals surface area contributed by atoms with Crippen molar-refractivity contribution in [2.75, 3.05) is 5.73 Å². The number of rotatable bonds is 2. The summed E-state index contributed by atoms with van der Waals surface area (Å²) in [5.41, 5.74) is 13.8. The number of benzene rings is 1. The van der Waals surface area contributed by atoms with Gasteiger partial charge in [0.15, 0.2) is 0 Å². The molecule has 1 aromatic carbocycles. The lowest BCUT2D eigenvalue weighted by atomic mass is 9.47. The summed E-state index contributed by atoms with van der Waals surface area (Å²) < 4.78 is 0. The van der Waals surface area contributed by atoms with Crippen molar-refractivity contribution in [1.29, 1.82) is 0 Å². The summed E-state index contributed by atoms with van der Waals surface area (Å²) in [4.78, 5) is 20.0. The van der Waals surface area contributed by atoms with Gasteiger partial charge in [-0.1, -0.05) is 55.8 Å². The quantitative estimate of drug-likeness (QED) is 0.294. The van der Waals surface area contributed by atoms with Gasteiger partial charge in [0.2, 0.25) is 5.78 Å². The third-order valence-electron chi connectivity index (χ3n) is 10.9. The first-order valence-corrected chi connectivity index (χ1v) is 14.7. The van der Waals surface area contributed by atoms with Crippen LogP contribution in [0.4, 0.5) is 5.69 Å². The van der Waals surface area contributed by atoms with Gasteiger partial charge in [-0.2, -0.15) is 0 Å². The molecule has 0 saturated heterocycles. The van der Waals surface area contributed by atoms with Crippen molar-refractivity contribution >= 4 is 33.0 Å². The Morgan fingerprint density at radius 3 is 2.62 bits per heavy atom. The number of allylic oxidation sites excluding steroid dienone is 1. The minimum absolute atomic E-state index is 0.00782. The van der Waals surface area contributed by atoms with Crippen LogP contribution in [0.2, 0.25) is 0 Å². The summed E-state index contributed by atoms with van der Waals surface area (Å²) in [5.74, 6) is 1.86. The van der Waals surface area contributed by atoms with E-state index in [0.717, 1.165) is 48.0 Å². The van der Waals surface area contributed by atoms with Crippen LogP contribution in [-0.4, -0.2) is 22.0 Å². The Morgan fingerprint density at radius 1 is 1.08 bits per heavy atom. The molecule has 0 spiro atoms. The fourth-order valence-corrected chi connectivity index (χ4v) is 10.2. The second kappa shape index (κ2) is 8.00. The number of aliphatic hydroxyl groups excluding tert-OH is 1. The highest BCUT2D eigenvalue weighted by molar-refractivity contribution is 7.21. The number of aryl methyl sites for hydroxylation is 1. The standard InChI is InChI=1S/C32H36N2O2S/c1-17-26-22(25-27(33)29(37-30(25)34-17)28(36)18-7-5-4-6-8-18)16-24-21-10-9-19-15-20(35)11-13-31(19,2)23(21)12-14-32(24,26)3/h4-9,20-21,23-24,35H,10-16,33H2,1-3H3/t20-,21+,23-,24+,31+,32-/m1/s1. The number of aliphatic hydroxyl groups is 1. The van der Waals surface area contributed by atoms with Crippen LogP contribution in [0.5, 0.6) is 0 Å². The van der Waals surface area contributed by atoms with Crippen LogP contribution in [0, 0.1) is 30.1 Å². The van der Waals surface area contributed by atoms with E-state index in [4.69, 9.17) is 10.7 Å². The molecule has 7 rings (SSSR count). The van der Waals surface area contributed by atoms with Gasteiger partial charge in [-0.05, 0) is 91.6 Å². The maximum Gasteiger partial charge on any atom is 0.205 e. The van der Waals surface area contributed by atoms with Crippen molar-refractivity contribution in [2.24, 2.45) is 23.2 Å². The Morgan fingerprint density at radius 2 is 1.84 bits per heavy atom. The maximum absolute atomic E-state index is 13.4. The molecule has 2 heterocycles. The van der Waals surface area contributed by atoms with E-state index in [1.807, 2.05) is 30.3 Å². The monoisotopic (exact) mass is 512 g/mol. The van der Waals surface area contributed by atoms with Crippen LogP contribution >= 0.6 is 11.3 Å². The first-order valence-electron chi connectivity index (χ1n) is 13.9. The number of hydrogen-bond donors (Lipinski definition) is 2. The van der Waals surface area contributed by atoms with E-state index in [9.17, 15) is 9.90 Å². The van der Waals surface area contributed by atoms with Gasteiger partial charge in [0.25, 0.3) is 0 Å². The van der Waals surface area contributed by atoms with Crippen molar-refractivity contribution in [2.45, 2.75) is 77.2 Å². The van der Waals surface area contributed by atoms with Gasteiger partial charge < -0.3 is 10.8 Å². The number of hydrogen-bond acceptors (Lipinski definition) is 5. The Labute approximate surface area is 223 Å². The SMILES string of the molecule is Cc1nc2sc(C(=O)c3ccccc3)c(N)c2c2c1[C@]1(C)CC[C@@H]3[C@H](CC=C4C[C@H](O)CC[C@@]43C)[C@@H]1C2. The summed E-state index contributed by atoms with van der Waals surface area (Å²) in [6.45, 7) is 7.12. The van der Waals surface area contributed by atoms with E-state index in [2.05, 4.69) is 26.8 Å². The second-order valence-electron chi connectivity index (χ2n) is 12.6. The van der Waals surface area contributed by atoms with Crippen molar-refractivity contribution in [3.05, 3.63) is 69.2 Å². The average Bonchev–Trinajstić information content (AvgIpc) is 3.38. The third-order valence-corrected chi connectivity index (χ3v) is 12.0. The van der Waals surface area contributed by atoms with E-state index in [0.29, 0.717) is 33.9 Å². The normalized spacial score (nSPS) is 34.3. The molecule has 3 aromatic rings. The largest absolute Gasteiger partial charge is 0.397 e. The molecule has 192 valence electrons. The summed E-state index contributed by atoms with van der Waals surface area (Å²) in [6, 6.07) is 9.45. The summed E-state index contributed by atoms with van der Waals surface area (Å²) in [7, 11) is 0. The second-order valence-corrected chi connectivity index (χ2v) is 13.6. The molecule has 4 aliphatic rings. The molecule has 4 nitrogen and oxygen atoms in total. The van der Waals surface area contributed by atoms with Crippen LogP contribution in [0.15, 0.2) is 42.0 Å². The fourth-order valence-electron chi connectivity index (χ4n) is 9.07. The molecule has 0 unspecified atom stereocenters. The zero-order valence-electron chi connectivity index (χ0n) is 22.0. The molecule has 2 fully saturated rings. The van der Waals surface area contributed by atoms with Crippen molar-refractivity contribution in [1.82, 2.24) is 4.98 Å². The van der Waals surface area contributed by atoms with E-state index < -0.39 is 0 Å². The maximum atomic E-state index is 13.4. The predicted octanol–water partition coefficient (Wildman–Crippen LogP) is 6.76. The Balaban J connectivity index is 1.33. The zero-order chi connectivity index (χ0) is 25.7. The lowest BCUT2D eigenvalue weighted by Crippen LogP contribution is -2.51. The van der Waals surface area contributed by atoms with E-state index in [1.54, 1.807) is 0 Å². The number of pyridine rings is 1. The number of thiophene rings is 1. The first-order chi connectivity index (χ1) is 17.7. The molecule has 5 heteroatoms. The number of anilines is 1. The van der Waals surface area contributed by atoms with E-state index >= 15 is 0 Å².